The molecule has 2 aromatic heterocycles. The third-order valence-electron chi connectivity index (χ3n) is 6.98. The lowest BCUT2D eigenvalue weighted by Crippen LogP contribution is -2.25. The number of hydrogen-bond acceptors (Lipinski definition) is 6. The minimum atomic E-state index is -0.151. The fourth-order valence-electron chi connectivity index (χ4n) is 4.74. The van der Waals surface area contributed by atoms with E-state index in [9.17, 15) is 4.79 Å². The van der Waals surface area contributed by atoms with Crippen LogP contribution in [-0.4, -0.2) is 27.5 Å². The lowest BCUT2D eigenvalue weighted by atomic mass is 9.80. The third-order valence-corrected chi connectivity index (χ3v) is 6.98. The molecule has 0 saturated heterocycles. The lowest BCUT2D eigenvalue weighted by Gasteiger charge is -2.27. The number of nitrogens with zero attached hydrogens (tertiary/aromatic N) is 3. The second-order valence-corrected chi connectivity index (χ2v) is 9.88. The summed E-state index contributed by atoms with van der Waals surface area (Å²) in [6.45, 7) is 5.16. The average Bonchev–Trinajstić information content (AvgIpc) is 2.89. The highest BCUT2D eigenvalue weighted by molar-refractivity contribution is 5.75. The molecule has 0 unspecified atom stereocenters. The number of ether oxygens (including phenoxy) is 2. The molecule has 0 amide bonds. The molecule has 1 saturated carbocycles. The normalized spacial score (nSPS) is 17.8. The first kappa shape index (κ1) is 27.1. The van der Waals surface area contributed by atoms with Crippen molar-refractivity contribution in [1.29, 1.82) is 0 Å². The average molecular weight is 482 g/mol. The van der Waals surface area contributed by atoms with Gasteiger partial charge in [0.25, 0.3) is 0 Å². The van der Waals surface area contributed by atoms with E-state index in [1.165, 1.54) is 57.8 Å². The Kier molecular flexibility index (Phi) is 12.0. The van der Waals surface area contributed by atoms with E-state index in [0.717, 1.165) is 43.6 Å². The Hall–Kier alpha value is -2.50. The predicted octanol–water partition coefficient (Wildman–Crippen LogP) is 7.57. The van der Waals surface area contributed by atoms with Gasteiger partial charge in [-0.15, -0.1) is 0 Å². The van der Waals surface area contributed by atoms with Crippen molar-refractivity contribution in [2.75, 3.05) is 6.61 Å². The van der Waals surface area contributed by atoms with Gasteiger partial charge in [-0.2, -0.15) is 0 Å². The van der Waals surface area contributed by atoms with Crippen molar-refractivity contribution < 1.29 is 14.3 Å². The highest BCUT2D eigenvalue weighted by atomic mass is 16.5. The Bertz CT molecular complexity index is 846. The summed E-state index contributed by atoms with van der Waals surface area (Å²) in [6.07, 6.45) is 21.6. The van der Waals surface area contributed by atoms with E-state index in [0.29, 0.717) is 24.1 Å². The van der Waals surface area contributed by atoms with E-state index in [1.54, 1.807) is 18.6 Å². The smallest absolute Gasteiger partial charge is 0.314 e. The molecule has 0 spiro atoms. The largest absolute Gasteiger partial charge is 0.478 e. The first-order valence-corrected chi connectivity index (χ1v) is 13.8. The maximum Gasteiger partial charge on any atom is 0.314 e. The van der Waals surface area contributed by atoms with Crippen molar-refractivity contribution in [3.05, 3.63) is 30.7 Å². The monoisotopic (exact) mass is 481 g/mol. The number of hydrogen-bond donors (Lipinski definition) is 0. The zero-order valence-corrected chi connectivity index (χ0v) is 21.7. The van der Waals surface area contributed by atoms with Crippen LogP contribution >= 0.6 is 0 Å². The molecule has 192 valence electrons. The number of carbonyl (C=O) groups excluding carboxylic acids is 1. The van der Waals surface area contributed by atoms with Gasteiger partial charge in [0.15, 0.2) is 11.6 Å². The topological polar surface area (TPSA) is 74.2 Å². The van der Waals surface area contributed by atoms with E-state index in [2.05, 4.69) is 28.8 Å². The fourth-order valence-corrected chi connectivity index (χ4v) is 4.74. The molecule has 6 nitrogen and oxygen atoms in total. The Morgan fingerprint density at radius 3 is 2.20 bits per heavy atom. The fraction of sp³-hybridized carbons (Fsp3) is 0.655. The number of aromatic nitrogens is 3. The molecule has 2 heterocycles. The molecule has 2 aromatic rings. The molecule has 0 aliphatic heterocycles. The summed E-state index contributed by atoms with van der Waals surface area (Å²) in [5.74, 6) is 2.18. The van der Waals surface area contributed by atoms with E-state index in [4.69, 9.17) is 9.47 Å². The van der Waals surface area contributed by atoms with Crippen LogP contribution in [0.2, 0.25) is 0 Å². The maximum absolute atomic E-state index is 12.6. The van der Waals surface area contributed by atoms with E-state index < -0.39 is 0 Å². The number of esters is 1. The third kappa shape index (κ3) is 9.58. The summed E-state index contributed by atoms with van der Waals surface area (Å²) in [5, 5.41) is 0. The Morgan fingerprint density at radius 1 is 0.829 bits per heavy atom. The van der Waals surface area contributed by atoms with Crippen molar-refractivity contribution in [2.24, 2.45) is 11.8 Å². The molecule has 0 radical (unpaired) electrons. The van der Waals surface area contributed by atoms with Gasteiger partial charge in [-0.1, -0.05) is 71.6 Å². The predicted molar refractivity (Wildman–Crippen MR) is 139 cm³/mol. The van der Waals surface area contributed by atoms with Crippen LogP contribution in [0.5, 0.6) is 11.6 Å². The molecular weight excluding hydrogens is 438 g/mol. The zero-order valence-electron chi connectivity index (χ0n) is 21.7. The molecular formula is C29H43N3O3. The van der Waals surface area contributed by atoms with E-state index in [1.807, 2.05) is 12.1 Å². The Labute approximate surface area is 211 Å². The van der Waals surface area contributed by atoms with Crippen LogP contribution in [0.1, 0.15) is 104 Å². The SMILES string of the molecule is CCCCCCCCOc1ccc(-c2ncc(OC(=O)[C@H]3CC[C@H](CCCCC)CC3)cn2)cn1. The van der Waals surface area contributed by atoms with Crippen LogP contribution in [0.3, 0.4) is 0 Å². The van der Waals surface area contributed by atoms with Gasteiger partial charge in [-0.3, -0.25) is 4.79 Å². The number of rotatable bonds is 15. The summed E-state index contributed by atoms with van der Waals surface area (Å²) >= 11 is 0. The molecule has 1 aliphatic carbocycles. The van der Waals surface area contributed by atoms with Crippen molar-refractivity contribution in [3.8, 4) is 23.0 Å². The minimum absolute atomic E-state index is 0.00909. The van der Waals surface area contributed by atoms with Gasteiger partial charge in [0.1, 0.15) is 0 Å². The Balaban J connectivity index is 1.39. The van der Waals surface area contributed by atoms with E-state index >= 15 is 0 Å². The van der Waals surface area contributed by atoms with Crippen LogP contribution in [-0.2, 0) is 4.79 Å². The van der Waals surface area contributed by atoms with Gasteiger partial charge in [-0.25, -0.2) is 15.0 Å². The van der Waals surface area contributed by atoms with E-state index in [-0.39, 0.29) is 11.9 Å². The van der Waals surface area contributed by atoms with Crippen molar-refractivity contribution >= 4 is 5.97 Å². The van der Waals surface area contributed by atoms with Crippen LogP contribution in [0.25, 0.3) is 11.4 Å². The second kappa shape index (κ2) is 15.5. The first-order valence-electron chi connectivity index (χ1n) is 13.8. The molecule has 0 bridgehead atoms. The molecule has 0 atom stereocenters. The van der Waals surface area contributed by atoms with Crippen LogP contribution in [0, 0.1) is 11.8 Å². The summed E-state index contributed by atoms with van der Waals surface area (Å²) < 4.78 is 11.3. The molecule has 6 heteroatoms. The van der Waals surface area contributed by atoms with Gasteiger partial charge in [0.05, 0.1) is 24.9 Å². The number of unbranched alkanes of at least 4 members (excludes halogenated alkanes) is 7. The van der Waals surface area contributed by atoms with Gasteiger partial charge in [-0.05, 0) is 44.1 Å². The van der Waals surface area contributed by atoms with Gasteiger partial charge in [0, 0.05) is 17.8 Å². The van der Waals surface area contributed by atoms with Gasteiger partial charge in [0.2, 0.25) is 5.88 Å². The first-order chi connectivity index (χ1) is 17.2. The molecule has 1 fully saturated rings. The standard InChI is InChI=1S/C29H43N3O3/c1-3-5-7-8-9-11-19-34-27-18-17-25(20-30-27)28-31-21-26(22-32-28)35-29(33)24-15-13-23(14-16-24)12-10-6-4-2/h17-18,20-24H,3-16,19H2,1-2H3/t23-,24-. The summed E-state index contributed by atoms with van der Waals surface area (Å²) in [7, 11) is 0. The highest BCUT2D eigenvalue weighted by Crippen LogP contribution is 2.33. The molecule has 35 heavy (non-hydrogen) atoms. The van der Waals surface area contributed by atoms with Crippen molar-refractivity contribution in [3.63, 3.8) is 0 Å². The minimum Gasteiger partial charge on any atom is -0.478 e. The van der Waals surface area contributed by atoms with Crippen LogP contribution < -0.4 is 9.47 Å². The van der Waals surface area contributed by atoms with Gasteiger partial charge < -0.3 is 9.47 Å². The van der Waals surface area contributed by atoms with Crippen LogP contribution in [0.4, 0.5) is 0 Å². The zero-order chi connectivity index (χ0) is 24.7. The summed E-state index contributed by atoms with van der Waals surface area (Å²) in [5.41, 5.74) is 0.802. The lowest BCUT2D eigenvalue weighted by molar-refractivity contribution is -0.140. The number of carbonyl (C=O) groups is 1. The molecule has 0 aromatic carbocycles. The summed E-state index contributed by atoms with van der Waals surface area (Å²) in [4.78, 5) is 25.7. The van der Waals surface area contributed by atoms with Crippen molar-refractivity contribution in [2.45, 2.75) is 104 Å². The molecule has 1 aliphatic rings. The van der Waals surface area contributed by atoms with Gasteiger partial charge >= 0.3 is 5.97 Å². The maximum atomic E-state index is 12.6. The Morgan fingerprint density at radius 2 is 1.51 bits per heavy atom. The quantitative estimate of drug-likeness (QED) is 0.193. The molecule has 0 N–H and O–H groups in total. The summed E-state index contributed by atoms with van der Waals surface area (Å²) in [6, 6.07) is 3.76. The highest BCUT2D eigenvalue weighted by Gasteiger charge is 2.27. The molecule has 3 rings (SSSR count). The van der Waals surface area contributed by atoms with Crippen LogP contribution in [0.15, 0.2) is 30.7 Å². The van der Waals surface area contributed by atoms with Crippen molar-refractivity contribution in [1.82, 2.24) is 15.0 Å². The second-order valence-electron chi connectivity index (χ2n) is 9.88. The number of pyridine rings is 1.